The van der Waals surface area contributed by atoms with Crippen LogP contribution in [0.15, 0.2) is 54.6 Å². The Morgan fingerprint density at radius 2 is 1.73 bits per heavy atom. The van der Waals surface area contributed by atoms with Gasteiger partial charge in [-0.05, 0) is 75.1 Å². The Morgan fingerprint density at radius 1 is 0.955 bits per heavy atom. The van der Waals surface area contributed by atoms with Crippen molar-refractivity contribution in [2.75, 3.05) is 55.9 Å². The highest BCUT2D eigenvalue weighted by Gasteiger charge is 2.29. The molecule has 0 spiro atoms. The van der Waals surface area contributed by atoms with Crippen LogP contribution in [-0.4, -0.2) is 73.6 Å². The summed E-state index contributed by atoms with van der Waals surface area (Å²) in [4.78, 5) is 36.2. The summed E-state index contributed by atoms with van der Waals surface area (Å²) >= 11 is 0. The number of nitrogens with zero attached hydrogens (tertiary/aromatic N) is 4. The Bertz CT molecular complexity index is 1430. The minimum Gasteiger partial charge on any atom is -0.478 e. The van der Waals surface area contributed by atoms with Gasteiger partial charge in [-0.15, -0.1) is 0 Å². The number of benzene rings is 2. The molecule has 2 aromatic carbocycles. The summed E-state index contributed by atoms with van der Waals surface area (Å²) < 4.78 is 16.8. The second kappa shape index (κ2) is 14.3. The summed E-state index contributed by atoms with van der Waals surface area (Å²) in [7, 11) is 0. The van der Waals surface area contributed by atoms with Crippen molar-refractivity contribution in [3.8, 4) is 5.88 Å². The molecule has 0 aliphatic carbocycles. The van der Waals surface area contributed by atoms with Crippen molar-refractivity contribution in [2.24, 2.45) is 5.92 Å². The Balaban J connectivity index is 1.05. The first-order chi connectivity index (χ1) is 21.2. The third kappa shape index (κ3) is 8.20. The number of anilines is 2. The predicted molar refractivity (Wildman–Crippen MR) is 173 cm³/mol. The summed E-state index contributed by atoms with van der Waals surface area (Å²) in [6.07, 6.45) is 2.79. The van der Waals surface area contributed by atoms with Gasteiger partial charge in [0, 0.05) is 49.7 Å². The molecule has 5 rings (SSSR count). The van der Waals surface area contributed by atoms with Crippen molar-refractivity contribution in [1.82, 2.24) is 9.88 Å². The van der Waals surface area contributed by atoms with Crippen molar-refractivity contribution in [1.29, 1.82) is 0 Å². The first-order valence-electron chi connectivity index (χ1n) is 15.9. The van der Waals surface area contributed by atoms with E-state index < -0.39 is 11.8 Å². The number of rotatable bonds is 12. The minimum absolute atomic E-state index is 0.142. The fourth-order valence-corrected chi connectivity index (χ4v) is 6.30. The molecule has 2 aliphatic rings. The molecule has 44 heavy (non-hydrogen) atoms. The predicted octanol–water partition coefficient (Wildman–Crippen LogP) is 6.43. The van der Waals surface area contributed by atoms with Crippen LogP contribution in [0.5, 0.6) is 5.88 Å². The van der Waals surface area contributed by atoms with E-state index in [1.807, 2.05) is 26.0 Å². The zero-order valence-corrected chi connectivity index (χ0v) is 26.6. The van der Waals surface area contributed by atoms with Gasteiger partial charge in [-0.2, -0.15) is 4.98 Å². The molecule has 0 unspecified atom stereocenters. The molecule has 0 bridgehead atoms. The van der Waals surface area contributed by atoms with Crippen LogP contribution < -0.4 is 14.5 Å². The van der Waals surface area contributed by atoms with Gasteiger partial charge in [0.25, 0.3) is 0 Å². The Labute approximate surface area is 261 Å². The zero-order valence-electron chi connectivity index (χ0n) is 26.6. The number of fused-ring (bicyclic) bond motifs is 2. The molecular weight excluding hydrogens is 556 g/mol. The molecule has 9 heteroatoms. The number of carbonyl (C=O) groups is 2. The number of piperazine rings is 1. The highest BCUT2D eigenvalue weighted by molar-refractivity contribution is 5.95. The van der Waals surface area contributed by atoms with Crippen LogP contribution in [0.4, 0.5) is 16.3 Å². The number of hydrogen-bond acceptors (Lipinski definition) is 8. The van der Waals surface area contributed by atoms with E-state index in [9.17, 15) is 9.59 Å². The van der Waals surface area contributed by atoms with Gasteiger partial charge in [0.1, 0.15) is 11.4 Å². The van der Waals surface area contributed by atoms with Crippen molar-refractivity contribution in [2.45, 2.75) is 65.4 Å². The number of amides is 1. The number of carbonyl (C=O) groups excluding carboxylic acids is 2. The molecule has 9 nitrogen and oxygen atoms in total. The van der Waals surface area contributed by atoms with Crippen LogP contribution in [0.2, 0.25) is 0 Å². The Morgan fingerprint density at radius 3 is 2.52 bits per heavy atom. The molecule has 0 saturated carbocycles. The third-order valence-electron chi connectivity index (χ3n) is 8.26. The van der Waals surface area contributed by atoms with E-state index in [0.717, 1.165) is 51.1 Å². The highest BCUT2D eigenvalue weighted by atomic mass is 16.7. The van der Waals surface area contributed by atoms with Crippen molar-refractivity contribution in [3.05, 3.63) is 60.2 Å². The highest BCUT2D eigenvalue weighted by Crippen LogP contribution is 2.30. The standard InChI is InChI=1S/C35H46N4O5/c1-26(2)24-35(3,4)44-34(41)43-25-39-32(40)17-15-28-14-16-31(36-33(28)39)42-23-8-7-18-37-19-21-38(22-20-37)30-13-9-11-27-10-5-6-12-29(27)30/h5-6,9-14,16,26H,7-8,15,17-25H2,1-4H3. The summed E-state index contributed by atoms with van der Waals surface area (Å²) in [5, 5.41) is 2.61. The van der Waals surface area contributed by atoms with Crippen molar-refractivity contribution >= 4 is 34.3 Å². The van der Waals surface area contributed by atoms with Crippen LogP contribution in [0.3, 0.4) is 0 Å². The van der Waals surface area contributed by atoms with E-state index in [4.69, 9.17) is 14.2 Å². The lowest BCUT2D eigenvalue weighted by molar-refractivity contribution is -0.120. The first kappa shape index (κ1) is 31.6. The topological polar surface area (TPSA) is 84.4 Å². The fourth-order valence-electron chi connectivity index (χ4n) is 6.30. The lowest BCUT2D eigenvalue weighted by atomic mass is 9.96. The number of hydrogen-bond donors (Lipinski definition) is 0. The van der Waals surface area contributed by atoms with E-state index in [1.165, 1.54) is 21.4 Å². The van der Waals surface area contributed by atoms with Gasteiger partial charge < -0.3 is 19.1 Å². The monoisotopic (exact) mass is 602 g/mol. The largest absolute Gasteiger partial charge is 0.510 e. The molecule has 0 radical (unpaired) electrons. The number of pyridine rings is 1. The molecule has 1 amide bonds. The normalized spacial score (nSPS) is 15.9. The van der Waals surface area contributed by atoms with Gasteiger partial charge in [0.15, 0.2) is 6.73 Å². The molecule has 0 atom stereocenters. The molecule has 3 aromatic rings. The number of aryl methyl sites for hydroxylation is 1. The number of aromatic nitrogens is 1. The smallest absolute Gasteiger partial charge is 0.478 e. The van der Waals surface area contributed by atoms with Gasteiger partial charge in [-0.25, -0.2) is 4.79 Å². The van der Waals surface area contributed by atoms with Crippen molar-refractivity contribution in [3.63, 3.8) is 0 Å². The van der Waals surface area contributed by atoms with E-state index >= 15 is 0 Å². The van der Waals surface area contributed by atoms with Crippen LogP contribution in [0.1, 0.15) is 58.9 Å². The molecule has 236 valence electrons. The van der Waals surface area contributed by atoms with E-state index in [2.05, 4.69) is 71.1 Å². The van der Waals surface area contributed by atoms with Gasteiger partial charge in [0.05, 0.1) is 6.61 Å². The number of ether oxygens (including phenoxy) is 3. The van der Waals surface area contributed by atoms with Gasteiger partial charge in [-0.1, -0.05) is 50.2 Å². The van der Waals surface area contributed by atoms with Gasteiger partial charge in [-0.3, -0.25) is 14.6 Å². The maximum absolute atomic E-state index is 12.7. The van der Waals surface area contributed by atoms with Crippen LogP contribution >= 0.6 is 0 Å². The maximum Gasteiger partial charge on any atom is 0.510 e. The molecular formula is C35H46N4O5. The van der Waals surface area contributed by atoms with E-state index in [0.29, 0.717) is 43.5 Å². The molecule has 1 fully saturated rings. The minimum atomic E-state index is -0.794. The van der Waals surface area contributed by atoms with Crippen molar-refractivity contribution < 1.29 is 23.8 Å². The van der Waals surface area contributed by atoms with Crippen LogP contribution in [0, 0.1) is 5.92 Å². The maximum atomic E-state index is 12.7. The lowest BCUT2D eigenvalue weighted by Gasteiger charge is -2.36. The Kier molecular flexibility index (Phi) is 10.3. The first-order valence-corrected chi connectivity index (χ1v) is 15.9. The van der Waals surface area contributed by atoms with E-state index in [-0.39, 0.29) is 12.6 Å². The SMILES string of the molecule is CC(C)CC(C)(C)OC(=O)OCN1C(=O)CCc2ccc(OCCCCN3CCN(c4cccc5ccccc45)CC3)nc21. The van der Waals surface area contributed by atoms with Gasteiger partial charge in [0.2, 0.25) is 11.8 Å². The molecule has 2 aliphatic heterocycles. The molecule has 1 saturated heterocycles. The summed E-state index contributed by atoms with van der Waals surface area (Å²) in [5.74, 6) is 1.18. The number of unbranched alkanes of at least 4 members (excludes halogenated alkanes) is 1. The van der Waals surface area contributed by atoms with Crippen LogP contribution in [-0.2, 0) is 20.7 Å². The summed E-state index contributed by atoms with van der Waals surface area (Å²) in [6.45, 7) is 13.3. The summed E-state index contributed by atoms with van der Waals surface area (Å²) in [6, 6.07) is 18.9. The molecule has 3 heterocycles. The average molecular weight is 603 g/mol. The average Bonchev–Trinajstić information content (AvgIpc) is 2.99. The quantitative estimate of drug-likeness (QED) is 0.173. The lowest BCUT2D eigenvalue weighted by Crippen LogP contribution is -2.46. The zero-order chi connectivity index (χ0) is 31.1. The molecule has 0 N–H and O–H groups in total. The summed E-state index contributed by atoms with van der Waals surface area (Å²) in [5.41, 5.74) is 1.60. The molecule has 1 aromatic heterocycles. The second-order valence-corrected chi connectivity index (χ2v) is 12.8. The fraction of sp³-hybridized carbons (Fsp3) is 0.514. The second-order valence-electron chi connectivity index (χ2n) is 12.8. The Hall–Kier alpha value is -3.85. The van der Waals surface area contributed by atoms with E-state index in [1.54, 1.807) is 0 Å². The van der Waals surface area contributed by atoms with Crippen LogP contribution in [0.25, 0.3) is 10.8 Å². The third-order valence-corrected chi connectivity index (χ3v) is 8.26. The van der Waals surface area contributed by atoms with Gasteiger partial charge >= 0.3 is 6.16 Å².